The van der Waals surface area contributed by atoms with Crippen molar-refractivity contribution in [2.24, 2.45) is 0 Å². The largest absolute Gasteiger partial charge is 0.470 e. The third-order valence-corrected chi connectivity index (χ3v) is 1.39. The van der Waals surface area contributed by atoms with Gasteiger partial charge in [-0.15, -0.1) is 0 Å². The Morgan fingerprint density at radius 1 is 1.23 bits per heavy atom. The normalized spacial score (nSPS) is 12.5. The van der Waals surface area contributed by atoms with Gasteiger partial charge in [-0.05, 0) is 20.8 Å². The Kier molecular flexibility index (Phi) is 4.03. The van der Waals surface area contributed by atoms with Gasteiger partial charge in [-0.1, -0.05) is 34.8 Å². The molecule has 3 nitrogen and oxygen atoms in total. The van der Waals surface area contributed by atoms with E-state index in [2.05, 4.69) is 0 Å². The molecule has 0 amide bonds. The summed E-state index contributed by atoms with van der Waals surface area (Å²) in [5.41, 5.74) is -0.650. The average Bonchev–Trinajstić information content (AvgIpc) is 1.79. The molecule has 0 heterocycles. The Balaban J connectivity index is 4.40. The summed E-state index contributed by atoms with van der Waals surface area (Å²) >= 11 is 15.8. The molecule has 0 aromatic heterocycles. The number of halogens is 3. The molecule has 6 heteroatoms. The predicted molar refractivity (Wildman–Crippen MR) is 53.9 cm³/mol. The van der Waals surface area contributed by atoms with Crippen molar-refractivity contribution in [3.8, 4) is 0 Å². The molecule has 0 saturated heterocycles. The minimum Gasteiger partial charge on any atom is -0.470 e. The fourth-order valence-corrected chi connectivity index (χ4v) is 0.739. The highest BCUT2D eigenvalue weighted by atomic mass is 35.6. The monoisotopic (exact) mass is 245 g/mol. The Morgan fingerprint density at radius 3 is 1.85 bits per heavy atom. The lowest BCUT2D eigenvalue weighted by atomic mass is 10.2. The van der Waals surface area contributed by atoms with E-state index in [1.54, 1.807) is 20.8 Å². The van der Waals surface area contributed by atoms with Crippen LogP contribution < -0.4 is 0 Å². The number of carbonyl (C=O) groups is 1. The molecule has 1 N–H and O–H groups in total. The number of rotatable bonds is 1. The standard InChI is InChI=1S/C7H10Cl3NO2/c1-6(2,3)13-5(11)4(12)7(8,9)10/h11H,1-3H3. The minimum atomic E-state index is -2.12. The van der Waals surface area contributed by atoms with Crippen LogP contribution in [0.5, 0.6) is 0 Å². The molecule has 0 atom stereocenters. The van der Waals surface area contributed by atoms with Gasteiger partial charge in [0.05, 0.1) is 0 Å². The number of ether oxygens (including phenoxy) is 1. The maximum atomic E-state index is 11.1. The van der Waals surface area contributed by atoms with Crippen LogP contribution in [0, 0.1) is 5.41 Å². The van der Waals surface area contributed by atoms with Gasteiger partial charge >= 0.3 is 0 Å². The van der Waals surface area contributed by atoms with Gasteiger partial charge in [-0.3, -0.25) is 10.2 Å². The predicted octanol–water partition coefficient (Wildman–Crippen LogP) is 2.72. The number of hydrogen-bond donors (Lipinski definition) is 1. The van der Waals surface area contributed by atoms with Crippen molar-refractivity contribution in [2.45, 2.75) is 30.2 Å². The van der Waals surface area contributed by atoms with Gasteiger partial charge in [0.2, 0.25) is 0 Å². The highest BCUT2D eigenvalue weighted by molar-refractivity contribution is 6.81. The third kappa shape index (κ3) is 5.34. The van der Waals surface area contributed by atoms with E-state index in [1.165, 1.54) is 0 Å². The molecule has 0 spiro atoms. The van der Waals surface area contributed by atoms with E-state index in [0.29, 0.717) is 0 Å². The highest BCUT2D eigenvalue weighted by Crippen LogP contribution is 2.28. The molecule has 0 aliphatic rings. The summed E-state index contributed by atoms with van der Waals surface area (Å²) in [6, 6.07) is 0. The summed E-state index contributed by atoms with van der Waals surface area (Å²) in [4.78, 5) is 11.1. The SMILES string of the molecule is CC(C)(C)OC(=N)C(=O)C(Cl)(Cl)Cl. The van der Waals surface area contributed by atoms with Crippen molar-refractivity contribution < 1.29 is 9.53 Å². The van der Waals surface area contributed by atoms with Crippen molar-refractivity contribution in [3.63, 3.8) is 0 Å². The molecule has 13 heavy (non-hydrogen) atoms. The Morgan fingerprint density at radius 2 is 1.62 bits per heavy atom. The number of hydrogen-bond acceptors (Lipinski definition) is 3. The van der Waals surface area contributed by atoms with Crippen molar-refractivity contribution in [3.05, 3.63) is 0 Å². The van der Waals surface area contributed by atoms with Crippen LogP contribution in [-0.2, 0) is 9.53 Å². The number of nitrogens with one attached hydrogen (secondary N) is 1. The molecule has 76 valence electrons. The highest BCUT2D eigenvalue weighted by Gasteiger charge is 2.36. The lowest BCUT2D eigenvalue weighted by Crippen LogP contribution is -2.34. The maximum Gasteiger partial charge on any atom is 0.267 e. The van der Waals surface area contributed by atoms with Gasteiger partial charge in [0.15, 0.2) is 0 Å². The van der Waals surface area contributed by atoms with Gasteiger partial charge in [-0.2, -0.15) is 0 Å². The van der Waals surface area contributed by atoms with Gasteiger partial charge in [0, 0.05) is 0 Å². The molecule has 0 fully saturated rings. The summed E-state index contributed by atoms with van der Waals surface area (Å²) < 4.78 is 2.78. The number of carbonyl (C=O) groups excluding carboxylic acids is 1. The van der Waals surface area contributed by atoms with Crippen LogP contribution in [0.3, 0.4) is 0 Å². The zero-order valence-electron chi connectivity index (χ0n) is 7.45. The second-order valence-corrected chi connectivity index (χ2v) is 5.65. The Bertz CT molecular complexity index is 227. The van der Waals surface area contributed by atoms with E-state index in [0.717, 1.165) is 0 Å². The van der Waals surface area contributed by atoms with Crippen molar-refractivity contribution in [1.82, 2.24) is 0 Å². The van der Waals surface area contributed by atoms with Crippen LogP contribution in [0.4, 0.5) is 0 Å². The Labute approximate surface area is 91.8 Å². The molecule has 0 aliphatic carbocycles. The zero-order chi connectivity index (χ0) is 10.9. The van der Waals surface area contributed by atoms with Gasteiger partial charge in [0.25, 0.3) is 15.5 Å². The first-order valence-electron chi connectivity index (χ1n) is 3.43. The second kappa shape index (κ2) is 4.03. The summed E-state index contributed by atoms with van der Waals surface area (Å²) in [6.07, 6.45) is 0. The van der Waals surface area contributed by atoms with Crippen molar-refractivity contribution >= 4 is 46.5 Å². The van der Waals surface area contributed by atoms with Crippen molar-refractivity contribution in [2.75, 3.05) is 0 Å². The molecule has 0 saturated carbocycles. The van der Waals surface area contributed by atoms with E-state index in [4.69, 9.17) is 44.9 Å². The minimum absolute atomic E-state index is 0.646. The smallest absolute Gasteiger partial charge is 0.267 e. The quantitative estimate of drug-likeness (QED) is 0.439. The molecular weight excluding hydrogens is 236 g/mol. The van der Waals surface area contributed by atoms with E-state index in [1.807, 2.05) is 0 Å². The summed E-state index contributed by atoms with van der Waals surface area (Å²) in [5.74, 6) is -1.61. The molecular formula is C7H10Cl3NO2. The number of alkyl halides is 3. The number of Topliss-reactive ketones (excluding diaryl/α,β-unsaturated/α-hetero) is 1. The molecule has 0 bridgehead atoms. The molecule has 0 radical (unpaired) electrons. The number of ketones is 1. The summed E-state index contributed by atoms with van der Waals surface area (Å²) in [7, 11) is 0. The lowest BCUT2D eigenvalue weighted by molar-refractivity contribution is -0.114. The topological polar surface area (TPSA) is 50.1 Å². The third-order valence-electron chi connectivity index (χ3n) is 0.872. The van der Waals surface area contributed by atoms with Gasteiger partial charge in [-0.25, -0.2) is 0 Å². The second-order valence-electron chi connectivity index (χ2n) is 3.37. The van der Waals surface area contributed by atoms with E-state index >= 15 is 0 Å². The fraction of sp³-hybridized carbons (Fsp3) is 0.714. The van der Waals surface area contributed by atoms with E-state index in [9.17, 15) is 4.79 Å². The average molecular weight is 247 g/mol. The lowest BCUT2D eigenvalue weighted by Gasteiger charge is -2.21. The zero-order valence-corrected chi connectivity index (χ0v) is 9.72. The molecule has 0 unspecified atom stereocenters. The van der Waals surface area contributed by atoms with Crippen LogP contribution in [-0.4, -0.2) is 21.1 Å². The van der Waals surface area contributed by atoms with Crippen LogP contribution in [0.15, 0.2) is 0 Å². The molecule has 0 aromatic carbocycles. The first kappa shape index (κ1) is 13.0. The first-order valence-corrected chi connectivity index (χ1v) is 4.56. The fourth-order valence-electron chi connectivity index (χ4n) is 0.481. The van der Waals surface area contributed by atoms with Crippen LogP contribution in [0.25, 0.3) is 0 Å². The summed E-state index contributed by atoms with van der Waals surface area (Å²) in [6.45, 7) is 5.06. The van der Waals surface area contributed by atoms with Crippen LogP contribution >= 0.6 is 34.8 Å². The molecule has 0 aliphatic heterocycles. The van der Waals surface area contributed by atoms with Gasteiger partial charge < -0.3 is 4.74 Å². The first-order chi connectivity index (χ1) is 5.54. The van der Waals surface area contributed by atoms with E-state index < -0.39 is 21.1 Å². The van der Waals surface area contributed by atoms with Gasteiger partial charge in [0.1, 0.15) is 5.60 Å². The van der Waals surface area contributed by atoms with E-state index in [-0.39, 0.29) is 0 Å². The van der Waals surface area contributed by atoms with Crippen LogP contribution in [0.2, 0.25) is 0 Å². The van der Waals surface area contributed by atoms with Crippen molar-refractivity contribution in [1.29, 1.82) is 5.41 Å². The van der Waals surface area contributed by atoms with Crippen LogP contribution in [0.1, 0.15) is 20.8 Å². The molecule has 0 rings (SSSR count). The molecule has 0 aromatic rings. The summed E-state index contributed by atoms with van der Waals surface area (Å²) in [5, 5.41) is 7.18. The Hall–Kier alpha value is 0.01000. The maximum absolute atomic E-state index is 11.1.